The highest BCUT2D eigenvalue weighted by Crippen LogP contribution is 2.39. The number of unbranched alkanes of at least 4 members (excludes halogenated alkanes) is 4. The normalized spacial score (nSPS) is 13.4. The molecule has 0 aliphatic rings. The van der Waals surface area contributed by atoms with Gasteiger partial charge in [0.05, 0.1) is 6.61 Å². The van der Waals surface area contributed by atoms with Crippen molar-refractivity contribution in [3.05, 3.63) is 12.7 Å². The molecule has 0 aromatic rings. The Bertz CT molecular complexity index is 432. The summed E-state index contributed by atoms with van der Waals surface area (Å²) in [6.45, 7) is 5.10. The van der Waals surface area contributed by atoms with Gasteiger partial charge in [0.25, 0.3) is 0 Å². The summed E-state index contributed by atoms with van der Waals surface area (Å²) in [6.07, 6.45) is -2.74. The minimum Gasteiger partial charge on any atom is -0.465 e. The number of rotatable bonds is 13. The molecule has 1 atom stereocenters. The molecule has 0 rings (SSSR count). The van der Waals surface area contributed by atoms with Crippen LogP contribution < -0.4 is 0 Å². The third-order valence-electron chi connectivity index (χ3n) is 3.71. The molecule has 0 radical (unpaired) electrons. The van der Waals surface area contributed by atoms with Crippen LogP contribution in [0.4, 0.5) is 22.0 Å². The molecule has 0 saturated carbocycles. The highest BCUT2D eigenvalue weighted by molar-refractivity contribution is 5.98. The van der Waals surface area contributed by atoms with E-state index in [0.29, 0.717) is 6.42 Å². The number of esters is 1. The Hall–Kier alpha value is -1.47. The van der Waals surface area contributed by atoms with E-state index < -0.39 is 42.6 Å². The van der Waals surface area contributed by atoms with Crippen molar-refractivity contribution in [2.45, 2.75) is 70.4 Å². The largest absolute Gasteiger partial charge is 0.465 e. The first-order valence-corrected chi connectivity index (χ1v) is 8.31. The number of hydrogen-bond donors (Lipinski definition) is 0. The summed E-state index contributed by atoms with van der Waals surface area (Å²) in [5.74, 6) is -8.04. The van der Waals surface area contributed by atoms with Gasteiger partial charge in [-0.25, -0.2) is 0 Å². The van der Waals surface area contributed by atoms with Gasteiger partial charge in [0.2, 0.25) is 0 Å². The van der Waals surface area contributed by atoms with Gasteiger partial charge < -0.3 is 4.74 Å². The summed E-state index contributed by atoms with van der Waals surface area (Å²) in [5, 5.41) is 0. The van der Waals surface area contributed by atoms with Crippen molar-refractivity contribution in [1.82, 2.24) is 0 Å². The molecule has 0 saturated heterocycles. The topological polar surface area (TPSA) is 43.4 Å². The average Bonchev–Trinajstić information content (AvgIpc) is 2.51. The molecule has 0 aliphatic heterocycles. The van der Waals surface area contributed by atoms with Gasteiger partial charge in [-0.1, -0.05) is 25.3 Å². The quantitative estimate of drug-likeness (QED) is 0.146. The van der Waals surface area contributed by atoms with Crippen LogP contribution in [0.3, 0.4) is 0 Å². The highest BCUT2D eigenvalue weighted by Gasteiger charge is 2.57. The molecular weight excluding hydrogens is 347 g/mol. The molecule has 0 fully saturated rings. The van der Waals surface area contributed by atoms with Crippen LogP contribution in [-0.4, -0.2) is 30.5 Å². The number of hydrogen-bond acceptors (Lipinski definition) is 3. The molecule has 3 nitrogen and oxygen atoms in total. The third-order valence-corrected chi connectivity index (χ3v) is 3.71. The molecule has 0 amide bonds. The maximum atomic E-state index is 12.9. The molecule has 25 heavy (non-hydrogen) atoms. The van der Waals surface area contributed by atoms with Crippen molar-refractivity contribution in [1.29, 1.82) is 0 Å². The van der Waals surface area contributed by atoms with Crippen molar-refractivity contribution >= 4 is 11.8 Å². The first-order chi connectivity index (χ1) is 11.6. The minimum atomic E-state index is -5.71. The van der Waals surface area contributed by atoms with Crippen LogP contribution in [-0.2, 0) is 14.3 Å². The summed E-state index contributed by atoms with van der Waals surface area (Å²) in [5.41, 5.74) is 0. The van der Waals surface area contributed by atoms with E-state index in [2.05, 4.69) is 6.58 Å². The number of alkyl halides is 5. The van der Waals surface area contributed by atoms with Crippen LogP contribution in [0.25, 0.3) is 0 Å². The highest BCUT2D eigenvalue weighted by atomic mass is 19.4. The van der Waals surface area contributed by atoms with Gasteiger partial charge in [-0.3, -0.25) is 9.59 Å². The van der Waals surface area contributed by atoms with E-state index in [0.717, 1.165) is 25.7 Å². The Morgan fingerprint density at radius 1 is 1.08 bits per heavy atom. The zero-order chi connectivity index (χ0) is 19.5. The smallest absolute Gasteiger partial charge is 0.453 e. The number of carbonyl (C=O) groups excluding carboxylic acids is 2. The van der Waals surface area contributed by atoms with Gasteiger partial charge >= 0.3 is 18.1 Å². The van der Waals surface area contributed by atoms with E-state index in [9.17, 15) is 31.5 Å². The molecule has 0 heterocycles. The standard InChI is InChI=1S/C17H25F5O3/c1-3-5-6-7-8-9-10-13(15(24)25-4-2)14(23)11-12-16(18,19)17(20,21)22/h3,13H,1,4-12H2,2H3. The Balaban J connectivity index is 4.62. The molecule has 146 valence electrons. The second kappa shape index (κ2) is 11.2. The SMILES string of the molecule is C=CCCCCCCC(C(=O)CCC(F)(F)C(F)(F)F)C(=O)OCC. The zero-order valence-corrected chi connectivity index (χ0v) is 14.3. The van der Waals surface area contributed by atoms with Gasteiger partial charge in [-0.15, -0.1) is 6.58 Å². The summed E-state index contributed by atoms with van der Waals surface area (Å²) >= 11 is 0. The molecule has 8 heteroatoms. The van der Waals surface area contributed by atoms with Gasteiger partial charge in [-0.05, 0) is 26.2 Å². The predicted octanol–water partition coefficient (Wildman–Crippen LogP) is 5.24. The lowest BCUT2D eigenvalue weighted by molar-refractivity contribution is -0.284. The maximum absolute atomic E-state index is 12.9. The Labute approximate surface area is 144 Å². The lowest BCUT2D eigenvalue weighted by atomic mass is 9.92. The Morgan fingerprint density at radius 3 is 2.20 bits per heavy atom. The van der Waals surface area contributed by atoms with Gasteiger partial charge in [0.15, 0.2) is 0 Å². The van der Waals surface area contributed by atoms with Crippen LogP contribution in [0.15, 0.2) is 12.7 Å². The van der Waals surface area contributed by atoms with E-state index in [1.54, 1.807) is 6.08 Å². The molecule has 0 aromatic carbocycles. The molecular formula is C17H25F5O3. The fourth-order valence-corrected chi connectivity index (χ4v) is 2.24. The van der Waals surface area contributed by atoms with Gasteiger partial charge in [0, 0.05) is 12.8 Å². The maximum Gasteiger partial charge on any atom is 0.453 e. The van der Waals surface area contributed by atoms with Crippen LogP contribution in [0.1, 0.15) is 58.3 Å². The third kappa shape index (κ3) is 8.97. The van der Waals surface area contributed by atoms with Crippen molar-refractivity contribution < 1.29 is 36.3 Å². The van der Waals surface area contributed by atoms with E-state index in [4.69, 9.17) is 4.74 Å². The summed E-state index contributed by atoms with van der Waals surface area (Å²) in [7, 11) is 0. The first-order valence-electron chi connectivity index (χ1n) is 8.31. The lowest BCUT2D eigenvalue weighted by Gasteiger charge is -2.20. The first kappa shape index (κ1) is 23.5. The van der Waals surface area contributed by atoms with E-state index in [1.165, 1.54) is 6.92 Å². The fraction of sp³-hybridized carbons (Fsp3) is 0.765. The van der Waals surface area contributed by atoms with Crippen LogP contribution >= 0.6 is 0 Å². The number of allylic oxidation sites excluding steroid dienone is 1. The predicted molar refractivity (Wildman–Crippen MR) is 83.3 cm³/mol. The number of carbonyl (C=O) groups is 2. The van der Waals surface area contributed by atoms with Crippen LogP contribution in [0, 0.1) is 5.92 Å². The molecule has 0 bridgehead atoms. The molecule has 1 unspecified atom stereocenters. The number of ketones is 1. The molecule has 0 aromatic heterocycles. The average molecular weight is 372 g/mol. The van der Waals surface area contributed by atoms with Crippen molar-refractivity contribution in [3.63, 3.8) is 0 Å². The van der Waals surface area contributed by atoms with Crippen LogP contribution in [0.2, 0.25) is 0 Å². The molecule has 0 aliphatic carbocycles. The Kier molecular flexibility index (Phi) is 10.5. The zero-order valence-electron chi connectivity index (χ0n) is 14.3. The molecule has 0 spiro atoms. The van der Waals surface area contributed by atoms with E-state index >= 15 is 0 Å². The monoisotopic (exact) mass is 372 g/mol. The van der Waals surface area contributed by atoms with E-state index in [1.807, 2.05) is 0 Å². The summed E-state index contributed by atoms with van der Waals surface area (Å²) in [6, 6.07) is 0. The summed E-state index contributed by atoms with van der Waals surface area (Å²) in [4.78, 5) is 23.8. The number of halogens is 5. The second-order valence-electron chi connectivity index (χ2n) is 5.75. The van der Waals surface area contributed by atoms with Gasteiger partial charge in [-0.2, -0.15) is 22.0 Å². The van der Waals surface area contributed by atoms with Gasteiger partial charge in [0.1, 0.15) is 11.7 Å². The summed E-state index contributed by atoms with van der Waals surface area (Å²) < 4.78 is 67.1. The van der Waals surface area contributed by atoms with Crippen molar-refractivity contribution in [2.24, 2.45) is 5.92 Å². The number of ether oxygens (including phenoxy) is 1. The number of Topliss-reactive ketones (excluding diaryl/α,β-unsaturated/α-hetero) is 1. The minimum absolute atomic E-state index is 0.000654. The van der Waals surface area contributed by atoms with Crippen molar-refractivity contribution in [3.8, 4) is 0 Å². The lowest BCUT2D eigenvalue weighted by Crippen LogP contribution is -2.37. The van der Waals surface area contributed by atoms with Crippen molar-refractivity contribution in [2.75, 3.05) is 6.61 Å². The second-order valence-corrected chi connectivity index (χ2v) is 5.75. The fourth-order valence-electron chi connectivity index (χ4n) is 2.24. The Morgan fingerprint density at radius 2 is 1.68 bits per heavy atom. The van der Waals surface area contributed by atoms with E-state index in [-0.39, 0.29) is 13.0 Å². The molecule has 0 N–H and O–H groups in total. The van der Waals surface area contributed by atoms with Crippen LogP contribution in [0.5, 0.6) is 0 Å².